The molecule has 0 spiro atoms. The van der Waals surface area contributed by atoms with Crippen LogP contribution in [0.1, 0.15) is 0 Å². The van der Waals surface area contributed by atoms with Crippen LogP contribution in [0.2, 0.25) is 0 Å². The summed E-state index contributed by atoms with van der Waals surface area (Å²) in [6.45, 7) is 0.506. The molecule has 0 atom stereocenters. The molecule has 1 aromatic carbocycles. The van der Waals surface area contributed by atoms with Crippen molar-refractivity contribution in [2.75, 3.05) is 44.8 Å². The summed E-state index contributed by atoms with van der Waals surface area (Å²) in [5.74, 6) is -0.222. The number of piperazine rings is 1. The van der Waals surface area contributed by atoms with Gasteiger partial charge in [-0.2, -0.15) is 8.61 Å². The Labute approximate surface area is 135 Å². The van der Waals surface area contributed by atoms with Gasteiger partial charge in [0.1, 0.15) is 18.2 Å². The first kappa shape index (κ1) is 18.1. The zero-order valence-corrected chi connectivity index (χ0v) is 14.3. The fraction of sp³-hybridized carbons (Fsp3) is 0.538. The molecule has 1 aliphatic heterocycles. The van der Waals surface area contributed by atoms with Gasteiger partial charge in [0, 0.05) is 26.2 Å². The van der Waals surface area contributed by atoms with Gasteiger partial charge in [-0.05, 0) is 24.3 Å². The summed E-state index contributed by atoms with van der Waals surface area (Å²) in [5, 5.41) is 0. The second kappa shape index (κ2) is 7.12. The van der Waals surface area contributed by atoms with E-state index in [4.69, 9.17) is 4.74 Å². The number of benzene rings is 1. The number of ether oxygens (including phenoxy) is 1. The molecule has 0 N–H and O–H groups in total. The van der Waals surface area contributed by atoms with Crippen molar-refractivity contribution in [3.05, 3.63) is 30.1 Å². The summed E-state index contributed by atoms with van der Waals surface area (Å²) in [5.41, 5.74) is 0. The van der Waals surface area contributed by atoms with E-state index >= 15 is 0 Å². The monoisotopic (exact) mass is 366 g/mol. The maximum atomic E-state index is 12.8. The van der Waals surface area contributed by atoms with Gasteiger partial charge >= 0.3 is 0 Å². The second-order valence-corrected chi connectivity index (χ2v) is 9.25. The zero-order valence-electron chi connectivity index (χ0n) is 12.7. The number of sulfonamides is 2. The molecule has 1 fully saturated rings. The van der Waals surface area contributed by atoms with E-state index in [-0.39, 0.29) is 38.5 Å². The van der Waals surface area contributed by atoms with E-state index in [1.165, 1.54) is 32.9 Å². The predicted molar refractivity (Wildman–Crippen MR) is 83.7 cm³/mol. The molecule has 0 aromatic heterocycles. The van der Waals surface area contributed by atoms with Gasteiger partial charge in [0.25, 0.3) is 0 Å². The van der Waals surface area contributed by atoms with Crippen LogP contribution in [0.4, 0.5) is 4.39 Å². The first-order chi connectivity index (χ1) is 10.7. The molecular weight excluding hydrogens is 347 g/mol. The van der Waals surface area contributed by atoms with Gasteiger partial charge < -0.3 is 4.74 Å². The lowest BCUT2D eigenvalue weighted by Crippen LogP contribution is -2.51. The summed E-state index contributed by atoms with van der Waals surface area (Å²) < 4.78 is 67.8. The van der Waals surface area contributed by atoms with Crippen LogP contribution in [0.3, 0.4) is 0 Å². The molecule has 0 aliphatic carbocycles. The lowest BCUT2D eigenvalue weighted by molar-refractivity contribution is 0.270. The van der Waals surface area contributed by atoms with Gasteiger partial charge in [0.15, 0.2) is 0 Å². The topological polar surface area (TPSA) is 84.0 Å². The third-order valence-electron chi connectivity index (χ3n) is 3.48. The molecule has 10 heteroatoms. The third-order valence-corrected chi connectivity index (χ3v) is 6.62. The van der Waals surface area contributed by atoms with Gasteiger partial charge in [-0.15, -0.1) is 0 Å². The summed E-state index contributed by atoms with van der Waals surface area (Å²) in [6, 6.07) is 5.31. The van der Waals surface area contributed by atoms with E-state index in [9.17, 15) is 21.2 Å². The molecular formula is C13H19FN2O5S2. The van der Waals surface area contributed by atoms with Crippen LogP contribution in [0.15, 0.2) is 24.3 Å². The van der Waals surface area contributed by atoms with Crippen molar-refractivity contribution in [3.8, 4) is 5.75 Å². The van der Waals surface area contributed by atoms with Crippen LogP contribution < -0.4 is 4.74 Å². The van der Waals surface area contributed by atoms with E-state index in [1.54, 1.807) is 0 Å². The van der Waals surface area contributed by atoms with Gasteiger partial charge in [-0.1, -0.05) is 0 Å². The van der Waals surface area contributed by atoms with Crippen molar-refractivity contribution in [3.63, 3.8) is 0 Å². The Morgan fingerprint density at radius 2 is 1.52 bits per heavy atom. The fourth-order valence-corrected chi connectivity index (χ4v) is 4.30. The van der Waals surface area contributed by atoms with Crippen LogP contribution >= 0.6 is 0 Å². The first-order valence-electron chi connectivity index (χ1n) is 7.00. The predicted octanol–water partition coefficient (Wildman–Crippen LogP) is 0.111. The number of hydrogen-bond acceptors (Lipinski definition) is 5. The molecule has 0 bridgehead atoms. The summed E-state index contributed by atoms with van der Waals surface area (Å²) in [7, 11) is -6.81. The quantitative estimate of drug-likeness (QED) is 0.714. The SMILES string of the molecule is CS(=O)(=O)N1CCN(S(=O)(=O)CCOc2ccc(F)cc2)CC1. The minimum absolute atomic E-state index is 0.0553. The average Bonchev–Trinajstić information content (AvgIpc) is 2.48. The Bertz CT molecular complexity index is 726. The van der Waals surface area contributed by atoms with E-state index < -0.39 is 25.9 Å². The summed E-state index contributed by atoms with van der Waals surface area (Å²) >= 11 is 0. The summed E-state index contributed by atoms with van der Waals surface area (Å²) in [6.07, 6.45) is 1.10. The van der Waals surface area contributed by atoms with E-state index in [0.29, 0.717) is 5.75 Å². The summed E-state index contributed by atoms with van der Waals surface area (Å²) in [4.78, 5) is 0. The molecule has 1 saturated heterocycles. The molecule has 130 valence electrons. The highest BCUT2D eigenvalue weighted by Crippen LogP contribution is 2.13. The lowest BCUT2D eigenvalue weighted by atomic mass is 10.3. The minimum Gasteiger partial charge on any atom is -0.492 e. The van der Waals surface area contributed by atoms with Crippen LogP contribution in [-0.2, 0) is 20.0 Å². The van der Waals surface area contributed by atoms with Gasteiger partial charge in [0.2, 0.25) is 20.0 Å². The van der Waals surface area contributed by atoms with E-state index in [1.807, 2.05) is 0 Å². The maximum absolute atomic E-state index is 12.8. The number of nitrogens with zero attached hydrogens (tertiary/aromatic N) is 2. The van der Waals surface area contributed by atoms with Crippen molar-refractivity contribution >= 4 is 20.0 Å². The van der Waals surface area contributed by atoms with Crippen LogP contribution in [0.25, 0.3) is 0 Å². The average molecular weight is 366 g/mol. The Kier molecular flexibility index (Phi) is 5.61. The van der Waals surface area contributed by atoms with Gasteiger partial charge in [0.05, 0.1) is 12.0 Å². The lowest BCUT2D eigenvalue weighted by Gasteiger charge is -2.32. The third kappa shape index (κ3) is 5.13. The first-order valence-corrected chi connectivity index (χ1v) is 10.5. The number of halogens is 1. The molecule has 1 heterocycles. The Morgan fingerprint density at radius 1 is 1.00 bits per heavy atom. The highest BCUT2D eigenvalue weighted by Gasteiger charge is 2.30. The molecule has 0 amide bonds. The second-order valence-electron chi connectivity index (χ2n) is 5.18. The van der Waals surface area contributed by atoms with Gasteiger partial charge in [-0.25, -0.2) is 21.2 Å². The molecule has 7 nitrogen and oxygen atoms in total. The van der Waals surface area contributed by atoms with Crippen molar-refractivity contribution in [2.45, 2.75) is 0 Å². The van der Waals surface area contributed by atoms with Crippen LogP contribution in [0, 0.1) is 5.82 Å². The molecule has 0 radical (unpaired) electrons. The molecule has 2 rings (SSSR count). The smallest absolute Gasteiger partial charge is 0.217 e. The van der Waals surface area contributed by atoms with E-state index in [2.05, 4.69) is 0 Å². The Morgan fingerprint density at radius 3 is 2.04 bits per heavy atom. The highest BCUT2D eigenvalue weighted by atomic mass is 32.2. The van der Waals surface area contributed by atoms with Crippen molar-refractivity contribution < 1.29 is 26.0 Å². The molecule has 0 saturated carbocycles. The molecule has 23 heavy (non-hydrogen) atoms. The van der Waals surface area contributed by atoms with Crippen molar-refractivity contribution in [1.82, 2.24) is 8.61 Å². The molecule has 0 unspecified atom stereocenters. The fourth-order valence-electron chi connectivity index (χ4n) is 2.20. The highest BCUT2D eigenvalue weighted by molar-refractivity contribution is 7.89. The number of rotatable bonds is 6. The van der Waals surface area contributed by atoms with Gasteiger partial charge in [-0.3, -0.25) is 0 Å². The van der Waals surface area contributed by atoms with Crippen LogP contribution in [0.5, 0.6) is 5.75 Å². The molecule has 1 aromatic rings. The molecule has 1 aliphatic rings. The zero-order chi connectivity index (χ0) is 17.1. The Hall–Kier alpha value is -1.23. The normalized spacial score (nSPS) is 18.0. The maximum Gasteiger partial charge on any atom is 0.217 e. The number of hydrogen-bond donors (Lipinski definition) is 0. The minimum atomic E-state index is -3.52. The standard InChI is InChI=1S/C13H19FN2O5S2/c1-22(17,18)15-6-8-16(9-7-15)23(19,20)11-10-21-13-4-2-12(14)3-5-13/h2-5H,6-11H2,1H3. The van der Waals surface area contributed by atoms with Crippen molar-refractivity contribution in [2.24, 2.45) is 0 Å². The van der Waals surface area contributed by atoms with Crippen LogP contribution in [-0.4, -0.2) is 70.2 Å². The van der Waals surface area contributed by atoms with E-state index in [0.717, 1.165) is 6.26 Å². The largest absolute Gasteiger partial charge is 0.492 e. The Balaban J connectivity index is 1.84. The van der Waals surface area contributed by atoms with Crippen molar-refractivity contribution in [1.29, 1.82) is 0 Å².